The smallest absolute Gasteiger partial charge is 0.397 e. The number of ether oxygens (including phenoxy) is 5. The second kappa shape index (κ2) is 18.2. The van der Waals surface area contributed by atoms with Gasteiger partial charge in [0, 0.05) is 27.2 Å². The molecule has 0 aromatic carbocycles. The summed E-state index contributed by atoms with van der Waals surface area (Å²) in [5, 5.41) is 101. The van der Waals surface area contributed by atoms with Gasteiger partial charge in [-0.3, -0.25) is 18.9 Å². The number of aliphatic carboxylic acids is 1. The van der Waals surface area contributed by atoms with Crippen molar-refractivity contribution in [3.8, 4) is 0 Å². The van der Waals surface area contributed by atoms with Crippen molar-refractivity contribution in [3.05, 3.63) is 0 Å². The molecule has 1 unspecified atom stereocenters. The van der Waals surface area contributed by atoms with E-state index in [0.717, 1.165) is 20.8 Å². The van der Waals surface area contributed by atoms with Gasteiger partial charge in [0.25, 0.3) is 5.79 Å². The monoisotopic (exact) mass is 795 g/mol. The van der Waals surface area contributed by atoms with E-state index in [-0.39, 0.29) is 0 Å². The molecule has 16 atom stereocenters. The van der Waals surface area contributed by atoms with Crippen LogP contribution in [0.4, 0.5) is 0 Å². The minimum atomic E-state index is -5.10. The van der Waals surface area contributed by atoms with Crippen molar-refractivity contribution >= 4 is 34.1 Å². The number of carbonyl (C=O) groups excluding carboxylic acids is 3. The predicted octanol–water partition coefficient (Wildman–Crippen LogP) is -8.11. The van der Waals surface area contributed by atoms with E-state index in [0.29, 0.717) is 0 Å². The molecule has 3 fully saturated rings. The molecule has 3 aliphatic heterocycles. The summed E-state index contributed by atoms with van der Waals surface area (Å²) in [6.45, 7) is -0.182. The highest BCUT2D eigenvalue weighted by Crippen LogP contribution is 2.35. The quantitative estimate of drug-likeness (QED) is 0.0684. The molecule has 0 aliphatic carbocycles. The molecule has 3 saturated heterocycles. The van der Waals surface area contributed by atoms with E-state index in [9.17, 15) is 73.6 Å². The van der Waals surface area contributed by atoms with Crippen LogP contribution in [0.2, 0.25) is 0 Å². The molecule has 53 heavy (non-hydrogen) atoms. The Bertz CT molecular complexity index is 1410. The Hall–Kier alpha value is -2.77. The van der Waals surface area contributed by atoms with Gasteiger partial charge in [-0.1, -0.05) is 0 Å². The Morgan fingerprint density at radius 1 is 0.830 bits per heavy atom. The summed E-state index contributed by atoms with van der Waals surface area (Å²) in [7, 11) is -5.10. The van der Waals surface area contributed by atoms with Gasteiger partial charge in [-0.15, -0.1) is 0 Å². The van der Waals surface area contributed by atoms with Gasteiger partial charge in [-0.25, -0.2) is 8.98 Å². The van der Waals surface area contributed by atoms with Gasteiger partial charge in [-0.2, -0.15) is 8.42 Å². The van der Waals surface area contributed by atoms with Crippen molar-refractivity contribution in [2.24, 2.45) is 0 Å². The summed E-state index contributed by atoms with van der Waals surface area (Å²) >= 11 is 0. The van der Waals surface area contributed by atoms with E-state index < -0.39 is 158 Å². The van der Waals surface area contributed by atoms with Crippen LogP contribution in [0.5, 0.6) is 0 Å². The molecule has 25 nitrogen and oxygen atoms in total. The normalized spacial score (nSPS) is 39.0. The number of hydrogen-bond acceptors (Lipinski definition) is 20. The minimum Gasteiger partial charge on any atom is -0.477 e. The first-order valence-corrected chi connectivity index (χ1v) is 17.2. The molecule has 3 aliphatic rings. The standard InChI is InChI=1S/C27H45N3O22S/c1-8(32)28-15-11(35)4-27(26(42)43,52-23(15)18(37)12(36)5-31)47-6-13-20(39)22(17(24(41)49-13)30-10(3)34)51-25-16(29-9(2)33)21(40)19(38)14(50-25)7-48-53(44,45)46/h11-25,31,35-41H,4-7H2,1-3H3,(H,28,32)(H,29,33)(H,30,34)(H,42,43)(H,44,45,46)/t11-,12+,13+,14+,15+,16+,17+,18+,19+,20-,21+,22+,23+,24?,25-,27+/m0/s1. The van der Waals surface area contributed by atoms with Crippen molar-refractivity contribution in [1.29, 1.82) is 0 Å². The summed E-state index contributed by atoms with van der Waals surface area (Å²) in [6, 6.07) is -4.93. The Morgan fingerprint density at radius 3 is 1.91 bits per heavy atom. The fourth-order valence-corrected chi connectivity index (χ4v) is 6.30. The number of carboxylic acids is 1. The number of carboxylic acid groups (broad SMARTS) is 1. The van der Waals surface area contributed by atoms with E-state index >= 15 is 0 Å². The first-order chi connectivity index (χ1) is 24.5. The van der Waals surface area contributed by atoms with Crippen LogP contribution in [-0.4, -0.2) is 200 Å². The highest BCUT2D eigenvalue weighted by atomic mass is 32.3. The lowest BCUT2D eigenvalue weighted by Crippen LogP contribution is -2.70. The van der Waals surface area contributed by atoms with Gasteiger partial charge < -0.3 is 85.6 Å². The minimum absolute atomic E-state index is 0.758. The summed E-state index contributed by atoms with van der Waals surface area (Å²) < 4.78 is 63.3. The maximum atomic E-state index is 12.6. The van der Waals surface area contributed by atoms with Crippen LogP contribution in [0.25, 0.3) is 0 Å². The van der Waals surface area contributed by atoms with E-state index in [1.807, 2.05) is 0 Å². The Morgan fingerprint density at radius 2 is 1.38 bits per heavy atom. The summed E-state index contributed by atoms with van der Waals surface area (Å²) in [5.41, 5.74) is 0. The van der Waals surface area contributed by atoms with Gasteiger partial charge in [0.1, 0.15) is 67.0 Å². The molecule has 0 aromatic heterocycles. The van der Waals surface area contributed by atoms with Crippen molar-refractivity contribution < 1.29 is 106 Å². The molecule has 0 spiro atoms. The number of amides is 3. The molecule has 26 heteroatoms. The lowest BCUT2D eigenvalue weighted by atomic mass is 9.88. The summed E-state index contributed by atoms with van der Waals surface area (Å²) in [4.78, 5) is 48.4. The molecule has 3 rings (SSSR count). The van der Waals surface area contributed by atoms with Crippen molar-refractivity contribution in [3.63, 3.8) is 0 Å². The fourth-order valence-electron chi connectivity index (χ4n) is 6.00. The Kier molecular flexibility index (Phi) is 15.4. The molecule has 0 radical (unpaired) electrons. The number of aliphatic hydroxyl groups is 8. The molecule has 306 valence electrons. The van der Waals surface area contributed by atoms with Gasteiger partial charge in [0.15, 0.2) is 12.6 Å². The first kappa shape index (κ1) is 44.6. The number of hydrogen-bond donors (Lipinski definition) is 13. The van der Waals surface area contributed by atoms with Crippen LogP contribution in [-0.2, 0) is 57.4 Å². The zero-order valence-electron chi connectivity index (χ0n) is 28.3. The van der Waals surface area contributed by atoms with E-state index in [2.05, 4.69) is 20.1 Å². The number of nitrogens with one attached hydrogen (secondary N) is 3. The number of aliphatic hydroxyl groups excluding tert-OH is 8. The molecule has 3 amide bonds. The Labute approximate surface area is 300 Å². The van der Waals surface area contributed by atoms with E-state index in [1.54, 1.807) is 0 Å². The number of carbonyl (C=O) groups is 4. The maximum Gasteiger partial charge on any atom is 0.397 e. The second-order valence-corrected chi connectivity index (χ2v) is 13.6. The SMILES string of the molecule is CC(=O)N[C@H]1[C@H](O[C@H]2[C@@H](O)[C@@H](CO[C@]3(C(=O)O)C[C@H](O)[C@@H](NC(C)=O)[C@H]([C@H](O)[C@H](O)CO)O3)OC(O)[C@@H]2NC(C)=O)O[C@H](COS(=O)(=O)O)[C@@H](O)[C@@H]1O. The van der Waals surface area contributed by atoms with Crippen molar-refractivity contribution in [2.45, 2.75) is 125 Å². The molecule has 0 saturated carbocycles. The average molecular weight is 796 g/mol. The van der Waals surface area contributed by atoms with E-state index in [4.69, 9.17) is 28.2 Å². The third kappa shape index (κ3) is 11.2. The van der Waals surface area contributed by atoms with Crippen LogP contribution in [0, 0.1) is 0 Å². The van der Waals surface area contributed by atoms with Crippen molar-refractivity contribution in [2.75, 3.05) is 19.8 Å². The topological polar surface area (TPSA) is 396 Å². The van der Waals surface area contributed by atoms with Crippen LogP contribution in [0.3, 0.4) is 0 Å². The predicted molar refractivity (Wildman–Crippen MR) is 164 cm³/mol. The Balaban J connectivity index is 1.95. The first-order valence-electron chi connectivity index (χ1n) is 15.8. The second-order valence-electron chi connectivity index (χ2n) is 12.5. The largest absolute Gasteiger partial charge is 0.477 e. The maximum absolute atomic E-state index is 12.6. The molecule has 0 bridgehead atoms. The lowest BCUT2D eigenvalue weighted by Gasteiger charge is -2.49. The van der Waals surface area contributed by atoms with Gasteiger partial charge >= 0.3 is 16.4 Å². The molecule has 13 N–H and O–H groups in total. The third-order valence-electron chi connectivity index (χ3n) is 8.47. The highest BCUT2D eigenvalue weighted by molar-refractivity contribution is 7.80. The van der Waals surface area contributed by atoms with Crippen molar-refractivity contribution in [1.82, 2.24) is 16.0 Å². The van der Waals surface area contributed by atoms with Crippen LogP contribution in [0.15, 0.2) is 0 Å². The molecular formula is C27H45N3O22S. The van der Waals surface area contributed by atoms with Crippen LogP contribution < -0.4 is 16.0 Å². The highest BCUT2D eigenvalue weighted by Gasteiger charge is 2.57. The molecular weight excluding hydrogens is 750 g/mol. The summed E-state index contributed by atoms with van der Waals surface area (Å²) in [5.74, 6) is -7.23. The van der Waals surface area contributed by atoms with Gasteiger partial charge in [0.05, 0.1) is 32.0 Å². The molecule has 3 heterocycles. The third-order valence-corrected chi connectivity index (χ3v) is 8.91. The lowest BCUT2D eigenvalue weighted by molar-refractivity contribution is -0.341. The van der Waals surface area contributed by atoms with Gasteiger partial charge in [0.2, 0.25) is 17.7 Å². The van der Waals surface area contributed by atoms with Crippen LogP contribution >= 0.6 is 0 Å². The summed E-state index contributed by atoms with van der Waals surface area (Å²) in [6.07, 6.45) is -24.4. The molecule has 0 aromatic rings. The van der Waals surface area contributed by atoms with E-state index in [1.165, 1.54) is 0 Å². The fraction of sp³-hybridized carbons (Fsp3) is 0.852. The van der Waals surface area contributed by atoms with Crippen LogP contribution in [0.1, 0.15) is 27.2 Å². The number of rotatable bonds is 15. The average Bonchev–Trinajstić information content (AvgIpc) is 3.05. The zero-order valence-corrected chi connectivity index (χ0v) is 29.1. The zero-order chi connectivity index (χ0) is 40.2. The van der Waals surface area contributed by atoms with Gasteiger partial charge in [-0.05, 0) is 0 Å².